The number of fused-ring (bicyclic) bond motifs is 11. The molecule has 1 unspecified atom stereocenters. The molecule has 328 valence electrons. The van der Waals surface area contributed by atoms with Gasteiger partial charge in [0.05, 0.1) is 30.9 Å². The normalized spacial score (nSPS) is 31.0. The first-order valence-electron chi connectivity index (χ1n) is 22.7. The van der Waals surface area contributed by atoms with Crippen molar-refractivity contribution in [2.75, 3.05) is 25.2 Å². The molecule has 3 aromatic carbocycles. The van der Waals surface area contributed by atoms with Gasteiger partial charge in [-0.3, -0.25) is 4.79 Å². The summed E-state index contributed by atoms with van der Waals surface area (Å²) in [5, 5.41) is 30.5. The van der Waals surface area contributed by atoms with Crippen LogP contribution in [0.4, 0.5) is 0 Å². The monoisotopic (exact) mass is 885 g/mol. The van der Waals surface area contributed by atoms with Gasteiger partial charge in [-0.2, -0.15) is 0 Å². The van der Waals surface area contributed by atoms with E-state index in [1.807, 2.05) is 39.8 Å². The van der Waals surface area contributed by atoms with Crippen molar-refractivity contribution < 1.29 is 34.0 Å². The van der Waals surface area contributed by atoms with Crippen molar-refractivity contribution in [3.63, 3.8) is 0 Å². The first-order valence-corrected chi connectivity index (χ1v) is 25.2. The molecule has 6 N–H and O–H groups in total. The van der Waals surface area contributed by atoms with E-state index in [2.05, 4.69) is 52.8 Å². The number of carbonyl (C=O) groups is 1. The maximum Gasteiger partial charge on any atom is 0.302 e. The van der Waals surface area contributed by atoms with E-state index < -0.39 is 6.10 Å². The molecule has 9 atom stereocenters. The Morgan fingerprint density at radius 2 is 1.92 bits per heavy atom. The number of carbonyl (C=O) groups excluding carboxylic acids is 1. The molecule has 12 heteroatoms. The Labute approximate surface area is 377 Å². The van der Waals surface area contributed by atoms with Crippen LogP contribution in [0, 0.1) is 23.7 Å². The van der Waals surface area contributed by atoms with Gasteiger partial charge in [0.1, 0.15) is 36.1 Å². The largest absolute Gasteiger partial charge is 0.508 e. The third-order valence-electron chi connectivity index (χ3n) is 14.9. The van der Waals surface area contributed by atoms with Crippen molar-refractivity contribution in [1.29, 1.82) is 0 Å². The van der Waals surface area contributed by atoms with Gasteiger partial charge >= 0.3 is 5.97 Å². The number of rotatable bonds is 3. The third-order valence-corrected chi connectivity index (χ3v) is 17.5. The second-order valence-corrected chi connectivity index (χ2v) is 21.5. The maximum atomic E-state index is 12.7. The van der Waals surface area contributed by atoms with Crippen molar-refractivity contribution in [3.8, 4) is 51.7 Å². The fraction of sp³-hybridized carbons (Fsp3) is 0.471. The zero-order valence-electron chi connectivity index (χ0n) is 35.8. The topological polar surface area (TPSA) is 145 Å². The van der Waals surface area contributed by atoms with Crippen LogP contribution in [0.5, 0.6) is 28.7 Å². The lowest BCUT2D eigenvalue weighted by atomic mass is 9.65. The number of allylic oxidation sites excluding steroid dienone is 3. The Balaban J connectivity index is 1.13. The number of nitrogens with one attached hydrogen (secondary N) is 2. The lowest BCUT2D eigenvalue weighted by molar-refractivity contribution is -0.141. The summed E-state index contributed by atoms with van der Waals surface area (Å²) in [4.78, 5) is 12.7. The number of aromatic hydroxyl groups is 2. The van der Waals surface area contributed by atoms with Crippen LogP contribution < -0.4 is 30.6 Å². The second-order valence-electron chi connectivity index (χ2n) is 18.9. The number of dihydropyridines is 1. The van der Waals surface area contributed by atoms with Gasteiger partial charge in [0, 0.05) is 70.2 Å². The molecule has 2 saturated carbocycles. The van der Waals surface area contributed by atoms with Gasteiger partial charge in [-0.25, -0.2) is 0 Å². The van der Waals surface area contributed by atoms with Crippen LogP contribution >= 0.6 is 21.6 Å². The van der Waals surface area contributed by atoms with Gasteiger partial charge in [-0.15, -0.1) is 0 Å². The Hall–Kier alpha value is -4.67. The number of esters is 1. The highest BCUT2D eigenvalue weighted by Gasteiger charge is 2.51. The number of methoxy groups -OCH3 is 1. The number of ether oxygens (including phenoxy) is 4. The first kappa shape index (κ1) is 41.1. The molecule has 5 heterocycles. The molecule has 3 fully saturated rings. The van der Waals surface area contributed by atoms with Crippen LogP contribution in [-0.4, -0.2) is 65.8 Å². The quantitative estimate of drug-likeness (QED) is 0.0978. The van der Waals surface area contributed by atoms with E-state index in [9.17, 15) is 15.0 Å². The average molecular weight is 886 g/mol. The number of phenols is 2. The highest BCUT2D eigenvalue weighted by atomic mass is 33.1. The molecule has 0 amide bonds. The van der Waals surface area contributed by atoms with Crippen LogP contribution in [0.3, 0.4) is 0 Å². The Bertz CT molecular complexity index is 2540. The minimum absolute atomic E-state index is 0.0644. The van der Waals surface area contributed by atoms with E-state index in [1.165, 1.54) is 19.8 Å². The summed E-state index contributed by atoms with van der Waals surface area (Å²) in [6, 6.07) is 10.1. The van der Waals surface area contributed by atoms with E-state index in [4.69, 9.17) is 24.7 Å². The third kappa shape index (κ3) is 7.37. The molecule has 6 bridgehead atoms. The van der Waals surface area contributed by atoms with E-state index in [1.54, 1.807) is 13.2 Å². The van der Waals surface area contributed by atoms with E-state index in [0.717, 1.165) is 112 Å². The summed E-state index contributed by atoms with van der Waals surface area (Å²) in [5.74, 6) is 11.3. The van der Waals surface area contributed by atoms with Gasteiger partial charge in [0.2, 0.25) is 0 Å². The molecule has 8 aliphatic rings. The zero-order chi connectivity index (χ0) is 43.0. The molecule has 0 aromatic heterocycles. The molecule has 5 aliphatic heterocycles. The van der Waals surface area contributed by atoms with Gasteiger partial charge in [-0.1, -0.05) is 64.3 Å². The minimum atomic E-state index is -0.610. The molecule has 1 spiro atoms. The second kappa shape index (κ2) is 16.4. The number of phenolic OH excluding ortho intramolecular Hbond substituents is 2. The van der Waals surface area contributed by atoms with Crippen molar-refractivity contribution >= 4 is 33.6 Å². The summed E-state index contributed by atoms with van der Waals surface area (Å²) >= 11 is 0. The summed E-state index contributed by atoms with van der Waals surface area (Å²) in [6.07, 6.45) is 16.8. The van der Waals surface area contributed by atoms with Crippen LogP contribution in [0.2, 0.25) is 0 Å². The van der Waals surface area contributed by atoms with Gasteiger partial charge in [-0.05, 0) is 110 Å². The van der Waals surface area contributed by atoms with E-state index >= 15 is 0 Å². The van der Waals surface area contributed by atoms with Gasteiger partial charge in [0.15, 0.2) is 11.5 Å². The highest BCUT2D eigenvalue weighted by Crippen LogP contribution is 2.63. The summed E-state index contributed by atoms with van der Waals surface area (Å²) in [5.41, 5.74) is 15.8. The molecule has 0 radical (unpaired) electrons. The lowest BCUT2D eigenvalue weighted by Crippen LogP contribution is -2.49. The molecule has 11 rings (SSSR count). The molecule has 3 aliphatic carbocycles. The number of hydrogen-bond acceptors (Lipinski definition) is 12. The summed E-state index contributed by atoms with van der Waals surface area (Å²) < 4.78 is 26.6. The number of hydrogen-bond donors (Lipinski definition) is 5. The van der Waals surface area contributed by atoms with Crippen molar-refractivity contribution in [1.82, 2.24) is 10.6 Å². The SMILES string of the molecule is COc1cc(O)cc2c1-c1ccc3c4c1[C@@]1(CC[C@H](CC5=C(C#CCc6cc(O)c7c(c6[C@@H](O4)[C@H]3COC(C)=O)C=C[C@@H]3N[C@@H]4CCC[C@H](CSSC[C@@H]3O7)C4)NC(N)C=C5)C1)C2. The first-order chi connectivity index (χ1) is 30.6. The Kier molecular flexibility index (Phi) is 10.7. The summed E-state index contributed by atoms with van der Waals surface area (Å²) in [7, 11) is 5.45. The average Bonchev–Trinajstić information content (AvgIpc) is 3.77. The minimum Gasteiger partial charge on any atom is -0.508 e. The summed E-state index contributed by atoms with van der Waals surface area (Å²) in [6.45, 7) is 1.56. The maximum absolute atomic E-state index is 12.7. The van der Waals surface area contributed by atoms with Gasteiger partial charge in [0.25, 0.3) is 0 Å². The number of benzene rings is 3. The van der Waals surface area contributed by atoms with Crippen LogP contribution in [-0.2, 0) is 27.8 Å². The molecular weight excluding hydrogens is 831 g/mol. The highest BCUT2D eigenvalue weighted by molar-refractivity contribution is 8.76. The number of nitrogens with two attached hydrogens (primary N) is 1. The molecule has 1 saturated heterocycles. The van der Waals surface area contributed by atoms with Crippen LogP contribution in [0.25, 0.3) is 17.2 Å². The van der Waals surface area contributed by atoms with Crippen molar-refractivity contribution in [2.45, 2.75) is 113 Å². The zero-order valence-corrected chi connectivity index (χ0v) is 37.5. The predicted molar refractivity (Wildman–Crippen MR) is 248 cm³/mol. The van der Waals surface area contributed by atoms with Crippen LogP contribution in [0.15, 0.2) is 59.8 Å². The van der Waals surface area contributed by atoms with E-state index in [-0.39, 0.29) is 53.7 Å². The predicted octanol–water partition coefficient (Wildman–Crippen LogP) is 8.48. The fourth-order valence-corrected chi connectivity index (χ4v) is 14.9. The molecule has 3 aromatic rings. The lowest BCUT2D eigenvalue weighted by Gasteiger charge is -2.39. The van der Waals surface area contributed by atoms with Crippen molar-refractivity contribution in [3.05, 3.63) is 93.2 Å². The molecule has 10 nitrogen and oxygen atoms in total. The Morgan fingerprint density at radius 1 is 1.03 bits per heavy atom. The van der Waals surface area contributed by atoms with Crippen LogP contribution in [0.1, 0.15) is 104 Å². The van der Waals surface area contributed by atoms with Crippen molar-refractivity contribution in [2.24, 2.45) is 17.6 Å². The van der Waals surface area contributed by atoms with E-state index in [0.29, 0.717) is 42.2 Å². The standard InChI is InChI=1S/C51H55N3O7S2/c1-27(55)59-24-38-35-10-11-36-45-32(19-34(56)21-42(45)58-2)23-51-16-15-28(22-51)17-30-9-14-44(52)54-39(30)8-4-6-31-20-41(57)48-37(46(31)49(38)61-50(35)47(36)51)12-13-40-43(60-48)26-63-62-25-29-5-3-7-33(18-29)53-40/h9-14,19-21,28-29,33,38,40,43-44,49,53-54,56-57H,3,5-7,15-18,22-26,52H2,1-2H3/t28-,29+,33-,38+,40+,43+,44?,49+,51-/m1/s1. The molecule has 63 heavy (non-hydrogen) atoms. The fourth-order valence-electron chi connectivity index (χ4n) is 12.2. The Morgan fingerprint density at radius 3 is 2.79 bits per heavy atom. The van der Waals surface area contributed by atoms with Gasteiger partial charge < -0.3 is 45.5 Å². The smallest absolute Gasteiger partial charge is 0.302 e. The molecular formula is C51H55N3O7S2.